The second kappa shape index (κ2) is 9.64. The van der Waals surface area contributed by atoms with Crippen molar-refractivity contribution in [3.8, 4) is 0 Å². The number of rotatable bonds is 7. The number of carboxylic acids is 1. The lowest BCUT2D eigenvalue weighted by Crippen LogP contribution is -2.40. The first kappa shape index (κ1) is 23.4. The maximum Gasteiger partial charge on any atom is 0.335 e. The summed E-state index contributed by atoms with van der Waals surface area (Å²) in [5, 5.41) is 9.41. The number of halogens is 2. The molecular formula is C23H27F2N3O4S. The van der Waals surface area contributed by atoms with Crippen molar-refractivity contribution in [3.05, 3.63) is 53.6 Å². The van der Waals surface area contributed by atoms with Crippen LogP contribution in [0.15, 0.2) is 41.3 Å². The van der Waals surface area contributed by atoms with Crippen LogP contribution in [0.3, 0.4) is 0 Å². The van der Waals surface area contributed by atoms with Gasteiger partial charge in [0.05, 0.1) is 21.8 Å². The van der Waals surface area contributed by atoms with Gasteiger partial charge in [-0.05, 0) is 81.1 Å². The van der Waals surface area contributed by atoms with Crippen molar-refractivity contribution in [3.63, 3.8) is 0 Å². The Morgan fingerprint density at radius 2 is 1.79 bits per heavy atom. The number of anilines is 2. The van der Waals surface area contributed by atoms with E-state index in [1.54, 1.807) is 6.07 Å². The number of nitrogens with zero attached hydrogens (tertiary/aromatic N) is 2. The fraction of sp³-hybridized carbons (Fsp3) is 0.435. The van der Waals surface area contributed by atoms with Crippen LogP contribution in [0.25, 0.3) is 0 Å². The summed E-state index contributed by atoms with van der Waals surface area (Å²) in [6.07, 6.45) is 4.44. The van der Waals surface area contributed by atoms with E-state index < -0.39 is 32.5 Å². The standard InChI is InChI=1S/C23H27F2N3O4S/c24-19-7-6-18(13-20(19)25)33(31,32)26-21-12-17(23(29)30)5-8-22(21)28-11-3-4-16(15-28)14-27-9-1-2-10-27/h5-8,12-13,16,26H,1-4,9-11,14-15H2,(H,29,30)/t16-/m1/s1. The minimum absolute atomic E-state index is 0.0765. The summed E-state index contributed by atoms with van der Waals surface area (Å²) in [5.41, 5.74) is 0.589. The fourth-order valence-electron chi connectivity index (χ4n) is 4.64. The number of piperidine rings is 1. The van der Waals surface area contributed by atoms with Gasteiger partial charge >= 0.3 is 5.97 Å². The predicted molar refractivity (Wildman–Crippen MR) is 121 cm³/mol. The van der Waals surface area contributed by atoms with E-state index in [0.717, 1.165) is 51.2 Å². The Hall–Kier alpha value is -2.72. The monoisotopic (exact) mass is 479 g/mol. The highest BCUT2D eigenvalue weighted by Gasteiger charge is 2.27. The molecule has 178 valence electrons. The number of sulfonamides is 1. The normalized spacial score (nSPS) is 19.6. The minimum atomic E-state index is -4.27. The smallest absolute Gasteiger partial charge is 0.335 e. The third kappa shape index (κ3) is 5.44. The number of carboxylic acid groups (broad SMARTS) is 1. The van der Waals surface area contributed by atoms with Gasteiger partial charge in [0.15, 0.2) is 11.6 Å². The SMILES string of the molecule is O=C(O)c1ccc(N2CCC[C@H](CN3CCCC3)C2)c(NS(=O)(=O)c2ccc(F)c(F)c2)c1. The molecule has 0 aliphatic carbocycles. The molecule has 2 saturated heterocycles. The van der Waals surface area contributed by atoms with Gasteiger partial charge in [0.25, 0.3) is 10.0 Å². The maximum absolute atomic E-state index is 13.6. The third-order valence-corrected chi connectivity index (χ3v) is 7.63. The topological polar surface area (TPSA) is 89.9 Å². The van der Waals surface area contributed by atoms with Crippen LogP contribution in [0.2, 0.25) is 0 Å². The molecule has 2 aliphatic rings. The molecule has 2 aromatic carbocycles. The Balaban J connectivity index is 1.62. The van der Waals surface area contributed by atoms with E-state index in [2.05, 4.69) is 14.5 Å². The molecule has 1 atom stereocenters. The summed E-state index contributed by atoms with van der Waals surface area (Å²) in [6.45, 7) is 4.62. The lowest BCUT2D eigenvalue weighted by molar-refractivity contribution is 0.0697. The zero-order valence-electron chi connectivity index (χ0n) is 18.1. The Labute approximate surface area is 192 Å². The molecule has 33 heavy (non-hydrogen) atoms. The number of nitrogens with one attached hydrogen (secondary N) is 1. The van der Waals surface area contributed by atoms with Crippen LogP contribution in [-0.4, -0.2) is 57.1 Å². The Morgan fingerprint density at radius 3 is 2.48 bits per heavy atom. The molecule has 2 fully saturated rings. The molecule has 0 amide bonds. The molecule has 10 heteroatoms. The maximum atomic E-state index is 13.6. The van der Waals surface area contributed by atoms with Gasteiger partial charge in [0.1, 0.15) is 0 Å². The third-order valence-electron chi connectivity index (χ3n) is 6.26. The zero-order valence-corrected chi connectivity index (χ0v) is 19.0. The Bertz CT molecular complexity index is 1140. The molecule has 2 aliphatic heterocycles. The quantitative estimate of drug-likeness (QED) is 0.628. The molecule has 7 nitrogen and oxygen atoms in total. The molecular weight excluding hydrogens is 452 g/mol. The van der Waals surface area contributed by atoms with E-state index in [-0.39, 0.29) is 11.3 Å². The zero-order chi connectivity index (χ0) is 23.6. The minimum Gasteiger partial charge on any atom is -0.478 e. The molecule has 2 N–H and O–H groups in total. The fourth-order valence-corrected chi connectivity index (χ4v) is 5.71. The van der Waals surface area contributed by atoms with Gasteiger partial charge in [-0.2, -0.15) is 0 Å². The van der Waals surface area contributed by atoms with Crippen molar-refractivity contribution >= 4 is 27.4 Å². The largest absolute Gasteiger partial charge is 0.478 e. The van der Waals surface area contributed by atoms with Gasteiger partial charge in [-0.15, -0.1) is 0 Å². The van der Waals surface area contributed by atoms with Crippen molar-refractivity contribution in [2.45, 2.75) is 30.6 Å². The van der Waals surface area contributed by atoms with Crippen molar-refractivity contribution in [1.29, 1.82) is 0 Å². The van der Waals surface area contributed by atoms with Crippen LogP contribution < -0.4 is 9.62 Å². The van der Waals surface area contributed by atoms with Crippen LogP contribution in [0.1, 0.15) is 36.0 Å². The lowest BCUT2D eigenvalue weighted by atomic mass is 9.96. The van der Waals surface area contributed by atoms with Gasteiger partial charge in [-0.1, -0.05) is 0 Å². The molecule has 0 aromatic heterocycles. The second-order valence-corrected chi connectivity index (χ2v) is 10.4. The van der Waals surface area contributed by atoms with E-state index in [0.29, 0.717) is 24.2 Å². The highest BCUT2D eigenvalue weighted by molar-refractivity contribution is 7.92. The molecule has 0 saturated carbocycles. The first-order valence-corrected chi connectivity index (χ1v) is 12.5. The summed E-state index contributed by atoms with van der Waals surface area (Å²) in [5.74, 6) is -3.20. The van der Waals surface area contributed by atoms with Crippen LogP contribution in [-0.2, 0) is 10.0 Å². The number of aromatic carboxylic acids is 1. The van der Waals surface area contributed by atoms with E-state index in [1.807, 2.05) is 0 Å². The number of likely N-dealkylation sites (tertiary alicyclic amines) is 1. The van der Waals surface area contributed by atoms with E-state index in [9.17, 15) is 27.1 Å². The molecule has 2 heterocycles. The van der Waals surface area contributed by atoms with Gasteiger partial charge < -0.3 is 14.9 Å². The van der Waals surface area contributed by atoms with Gasteiger partial charge in [-0.25, -0.2) is 22.0 Å². The Morgan fingerprint density at radius 1 is 1.03 bits per heavy atom. The second-order valence-electron chi connectivity index (χ2n) is 8.68. The van der Waals surface area contributed by atoms with Crippen molar-refractivity contribution in [2.75, 3.05) is 42.3 Å². The highest BCUT2D eigenvalue weighted by Crippen LogP contribution is 2.33. The highest BCUT2D eigenvalue weighted by atomic mass is 32.2. The number of benzene rings is 2. The van der Waals surface area contributed by atoms with E-state index in [4.69, 9.17) is 0 Å². The van der Waals surface area contributed by atoms with Crippen LogP contribution >= 0.6 is 0 Å². The number of hydrogen-bond acceptors (Lipinski definition) is 5. The molecule has 0 bridgehead atoms. The van der Waals surface area contributed by atoms with Gasteiger partial charge in [0.2, 0.25) is 0 Å². The lowest BCUT2D eigenvalue weighted by Gasteiger charge is -2.37. The molecule has 4 rings (SSSR count). The van der Waals surface area contributed by atoms with E-state index in [1.165, 1.54) is 25.0 Å². The van der Waals surface area contributed by atoms with Gasteiger partial charge in [-0.3, -0.25) is 4.72 Å². The van der Waals surface area contributed by atoms with E-state index >= 15 is 0 Å². The van der Waals surface area contributed by atoms with Gasteiger partial charge in [0, 0.05) is 19.6 Å². The van der Waals surface area contributed by atoms with Crippen molar-refractivity contribution < 1.29 is 27.1 Å². The molecule has 2 aromatic rings. The van der Waals surface area contributed by atoms with Crippen LogP contribution in [0.4, 0.5) is 20.2 Å². The number of carbonyl (C=O) groups is 1. The average molecular weight is 480 g/mol. The van der Waals surface area contributed by atoms with Crippen molar-refractivity contribution in [2.24, 2.45) is 5.92 Å². The molecule has 0 spiro atoms. The number of hydrogen-bond donors (Lipinski definition) is 2. The van der Waals surface area contributed by atoms with Crippen molar-refractivity contribution in [1.82, 2.24) is 4.90 Å². The summed E-state index contributed by atoms with van der Waals surface area (Å²) in [7, 11) is -4.27. The van der Waals surface area contributed by atoms with Crippen LogP contribution in [0, 0.1) is 17.6 Å². The molecule has 0 radical (unpaired) electrons. The first-order valence-electron chi connectivity index (χ1n) is 11.1. The van der Waals surface area contributed by atoms with Crippen LogP contribution in [0.5, 0.6) is 0 Å². The first-order chi connectivity index (χ1) is 15.7. The summed E-state index contributed by atoms with van der Waals surface area (Å²) in [6, 6.07) is 6.62. The summed E-state index contributed by atoms with van der Waals surface area (Å²) >= 11 is 0. The summed E-state index contributed by atoms with van der Waals surface area (Å²) < 4.78 is 55.1. The summed E-state index contributed by atoms with van der Waals surface area (Å²) in [4.78, 5) is 15.6. The molecule has 0 unspecified atom stereocenters. The Kier molecular flexibility index (Phi) is 6.85. The predicted octanol–water partition coefficient (Wildman–Crippen LogP) is 3.78. The average Bonchev–Trinajstić information content (AvgIpc) is 3.28.